The summed E-state index contributed by atoms with van der Waals surface area (Å²) in [6, 6.07) is 21.8. The molecule has 6 heteroatoms. The highest BCUT2D eigenvalue weighted by Crippen LogP contribution is 2.37. The van der Waals surface area contributed by atoms with E-state index in [4.69, 9.17) is 4.74 Å². The van der Waals surface area contributed by atoms with Crippen LogP contribution in [0, 0.1) is 5.82 Å². The van der Waals surface area contributed by atoms with Crippen LogP contribution in [-0.4, -0.2) is 40.6 Å². The molecule has 1 atom stereocenters. The summed E-state index contributed by atoms with van der Waals surface area (Å²) < 4.78 is 19.4. The summed E-state index contributed by atoms with van der Waals surface area (Å²) >= 11 is 0. The fourth-order valence-electron chi connectivity index (χ4n) is 4.47. The van der Waals surface area contributed by atoms with Crippen molar-refractivity contribution in [3.63, 3.8) is 0 Å². The molecule has 0 spiro atoms. The number of carboxylic acids is 1. The summed E-state index contributed by atoms with van der Waals surface area (Å²) in [4.78, 5) is 25.7. The number of benzene rings is 3. The van der Waals surface area contributed by atoms with Gasteiger partial charge in [-0.1, -0.05) is 54.6 Å². The first-order chi connectivity index (χ1) is 16.3. The monoisotopic (exact) mass is 461 g/mol. The van der Waals surface area contributed by atoms with Crippen LogP contribution in [0.25, 0.3) is 0 Å². The van der Waals surface area contributed by atoms with Gasteiger partial charge in [0.25, 0.3) is 0 Å². The first-order valence-electron chi connectivity index (χ1n) is 11.4. The number of fused-ring (bicyclic) bond motifs is 1. The number of rotatable bonds is 9. The summed E-state index contributed by atoms with van der Waals surface area (Å²) in [5, 5.41) is 9.29. The van der Waals surface area contributed by atoms with E-state index < -0.39 is 11.6 Å². The highest BCUT2D eigenvalue weighted by atomic mass is 19.1. The number of carboxylic acid groups (broad SMARTS) is 1. The van der Waals surface area contributed by atoms with Crippen LogP contribution in [0.1, 0.15) is 29.2 Å². The van der Waals surface area contributed by atoms with Gasteiger partial charge in [0.15, 0.2) is 0 Å². The second-order valence-electron chi connectivity index (χ2n) is 9.10. The van der Waals surface area contributed by atoms with Gasteiger partial charge < -0.3 is 14.7 Å². The van der Waals surface area contributed by atoms with E-state index >= 15 is 0 Å². The van der Waals surface area contributed by atoms with E-state index in [-0.39, 0.29) is 24.7 Å². The lowest BCUT2D eigenvalue weighted by Gasteiger charge is -2.24. The third kappa shape index (κ3) is 6.01. The summed E-state index contributed by atoms with van der Waals surface area (Å²) in [7, 11) is 0. The molecule has 1 aliphatic heterocycles. The molecule has 3 aromatic rings. The van der Waals surface area contributed by atoms with Crippen LogP contribution < -0.4 is 4.74 Å². The summed E-state index contributed by atoms with van der Waals surface area (Å²) in [5.74, 6) is -0.724. The van der Waals surface area contributed by atoms with Crippen molar-refractivity contribution in [3.8, 4) is 5.75 Å². The van der Waals surface area contributed by atoms with Crippen molar-refractivity contribution >= 4 is 11.9 Å². The zero-order chi connectivity index (χ0) is 24.1. The molecule has 1 amide bonds. The number of aliphatic carboxylic acids is 1. The third-order valence-corrected chi connectivity index (χ3v) is 6.08. The molecule has 5 nitrogen and oxygen atoms in total. The van der Waals surface area contributed by atoms with Crippen LogP contribution in [0.3, 0.4) is 0 Å². The average Bonchev–Trinajstić information content (AvgIpc) is 3.13. The molecule has 0 saturated carbocycles. The molecule has 4 rings (SSSR count). The number of hydrogen-bond donors (Lipinski definition) is 1. The van der Waals surface area contributed by atoms with E-state index in [1.807, 2.05) is 55.5 Å². The second-order valence-corrected chi connectivity index (χ2v) is 9.10. The van der Waals surface area contributed by atoms with E-state index in [9.17, 15) is 19.1 Å². The van der Waals surface area contributed by atoms with Crippen molar-refractivity contribution < 1.29 is 23.8 Å². The Bertz CT molecular complexity index is 1160. The minimum absolute atomic E-state index is 0.129. The fraction of sp³-hybridized carbons (Fsp3) is 0.286. The SMILES string of the molecule is C[C@@]1(Cc2ccc(F)cc2)Cc2cc(CC(=O)N(CCc3ccccc3)CC(=O)O)ccc2O1. The maximum Gasteiger partial charge on any atom is 0.323 e. The molecule has 0 bridgehead atoms. The topological polar surface area (TPSA) is 66.8 Å². The largest absolute Gasteiger partial charge is 0.487 e. The maximum absolute atomic E-state index is 13.2. The van der Waals surface area contributed by atoms with Crippen molar-refractivity contribution in [1.29, 1.82) is 0 Å². The van der Waals surface area contributed by atoms with E-state index in [0.717, 1.165) is 28.0 Å². The normalized spacial score (nSPS) is 16.5. The van der Waals surface area contributed by atoms with Crippen LogP contribution in [0.4, 0.5) is 4.39 Å². The quantitative estimate of drug-likeness (QED) is 0.511. The Hall–Kier alpha value is -3.67. The Morgan fingerprint density at radius 2 is 1.71 bits per heavy atom. The van der Waals surface area contributed by atoms with Crippen LogP contribution in [0.5, 0.6) is 5.75 Å². The number of halogens is 1. The Morgan fingerprint density at radius 1 is 1.00 bits per heavy atom. The van der Waals surface area contributed by atoms with Crippen molar-refractivity contribution in [2.24, 2.45) is 0 Å². The van der Waals surface area contributed by atoms with Crippen molar-refractivity contribution in [2.75, 3.05) is 13.1 Å². The number of carbonyl (C=O) groups is 2. The lowest BCUT2D eigenvalue weighted by molar-refractivity contribution is -0.144. The maximum atomic E-state index is 13.2. The zero-order valence-corrected chi connectivity index (χ0v) is 19.2. The molecule has 0 aliphatic carbocycles. The van der Waals surface area contributed by atoms with Gasteiger partial charge in [-0.15, -0.1) is 0 Å². The number of carbonyl (C=O) groups excluding carboxylic acids is 1. The Balaban J connectivity index is 1.41. The standard InChI is InChI=1S/C28H28FNO4/c1-28(17-21-7-10-24(29)11-8-21)18-23-15-22(9-12-25(23)34-28)16-26(31)30(19-27(32)33)14-13-20-5-3-2-4-6-20/h2-12,15H,13-14,16-19H2,1H3,(H,32,33)/t28-/m1/s1. The first kappa shape index (κ1) is 23.5. The molecule has 176 valence electrons. The van der Waals surface area contributed by atoms with Gasteiger partial charge in [-0.05, 0) is 53.8 Å². The van der Waals surface area contributed by atoms with Crippen molar-refractivity contribution in [3.05, 3.63) is 101 Å². The lowest BCUT2D eigenvalue weighted by atomic mass is 9.91. The molecule has 1 heterocycles. The van der Waals surface area contributed by atoms with Crippen LogP contribution in [-0.2, 0) is 35.3 Å². The van der Waals surface area contributed by atoms with Gasteiger partial charge in [0.1, 0.15) is 23.7 Å². The molecule has 34 heavy (non-hydrogen) atoms. The zero-order valence-electron chi connectivity index (χ0n) is 19.2. The molecule has 1 aliphatic rings. The van der Waals surface area contributed by atoms with Gasteiger partial charge in [-0.2, -0.15) is 0 Å². The van der Waals surface area contributed by atoms with Crippen molar-refractivity contribution in [2.45, 2.75) is 38.2 Å². The van der Waals surface area contributed by atoms with E-state index in [1.54, 1.807) is 12.1 Å². The molecule has 0 saturated heterocycles. The molecule has 0 radical (unpaired) electrons. The average molecular weight is 462 g/mol. The van der Waals surface area contributed by atoms with Crippen LogP contribution in [0.15, 0.2) is 72.8 Å². The van der Waals surface area contributed by atoms with Gasteiger partial charge in [0.2, 0.25) is 5.91 Å². The molecule has 3 aromatic carbocycles. The Kier molecular flexibility index (Phi) is 6.96. The number of ether oxygens (including phenoxy) is 1. The molecule has 0 unspecified atom stereocenters. The van der Waals surface area contributed by atoms with Gasteiger partial charge in [0, 0.05) is 19.4 Å². The minimum Gasteiger partial charge on any atom is -0.487 e. The lowest BCUT2D eigenvalue weighted by Crippen LogP contribution is -2.38. The molecular weight excluding hydrogens is 433 g/mol. The van der Waals surface area contributed by atoms with Gasteiger partial charge in [-0.3, -0.25) is 9.59 Å². The van der Waals surface area contributed by atoms with E-state index in [0.29, 0.717) is 25.8 Å². The second kappa shape index (κ2) is 10.1. The van der Waals surface area contributed by atoms with E-state index in [2.05, 4.69) is 0 Å². The molecule has 0 aromatic heterocycles. The fourth-order valence-corrected chi connectivity index (χ4v) is 4.47. The number of nitrogens with zero attached hydrogens (tertiary/aromatic N) is 1. The smallest absolute Gasteiger partial charge is 0.323 e. The highest BCUT2D eigenvalue weighted by molar-refractivity contribution is 5.83. The summed E-state index contributed by atoms with van der Waals surface area (Å²) in [6.45, 7) is 2.05. The number of amides is 1. The predicted molar refractivity (Wildman–Crippen MR) is 127 cm³/mol. The predicted octanol–water partition coefficient (Wildman–Crippen LogP) is 4.46. The van der Waals surface area contributed by atoms with Gasteiger partial charge in [0.05, 0.1) is 6.42 Å². The van der Waals surface area contributed by atoms with Crippen LogP contribution in [0.2, 0.25) is 0 Å². The first-order valence-corrected chi connectivity index (χ1v) is 11.4. The summed E-state index contributed by atoms with van der Waals surface area (Å²) in [5.41, 5.74) is 3.45. The molecule has 0 fully saturated rings. The van der Waals surface area contributed by atoms with Gasteiger partial charge >= 0.3 is 5.97 Å². The number of hydrogen-bond acceptors (Lipinski definition) is 3. The van der Waals surface area contributed by atoms with E-state index in [1.165, 1.54) is 17.0 Å². The minimum atomic E-state index is -1.03. The highest BCUT2D eigenvalue weighted by Gasteiger charge is 2.35. The summed E-state index contributed by atoms with van der Waals surface area (Å²) in [6.07, 6.45) is 2.04. The molecule has 1 N–H and O–H groups in total. The third-order valence-electron chi connectivity index (χ3n) is 6.08. The Morgan fingerprint density at radius 3 is 2.41 bits per heavy atom. The Labute approximate surface area is 198 Å². The molecular formula is C28H28FNO4. The van der Waals surface area contributed by atoms with Gasteiger partial charge in [-0.25, -0.2) is 4.39 Å². The van der Waals surface area contributed by atoms with Crippen LogP contribution >= 0.6 is 0 Å². The van der Waals surface area contributed by atoms with Crippen molar-refractivity contribution in [1.82, 2.24) is 4.90 Å².